The molecule has 0 bridgehead atoms. The number of halogens is 2. The maximum absolute atomic E-state index is 12.6. The Labute approximate surface area is 83.6 Å². The third kappa shape index (κ3) is 2.99. The molecule has 0 heterocycles. The van der Waals surface area contributed by atoms with Crippen molar-refractivity contribution in [3.63, 3.8) is 0 Å². The molecule has 13 heavy (non-hydrogen) atoms. The van der Waals surface area contributed by atoms with Crippen LogP contribution in [0, 0.1) is 5.82 Å². The molecule has 2 nitrogen and oxygen atoms in total. The molecular weight excluding hydrogens is 237 g/mol. The number of nitrogens with one attached hydrogen (secondary N) is 1. The second-order valence-corrected chi connectivity index (χ2v) is 3.33. The quantitative estimate of drug-likeness (QED) is 0.796. The van der Waals surface area contributed by atoms with Gasteiger partial charge in [0.15, 0.2) is 0 Å². The molecule has 0 aliphatic carbocycles. The molecule has 0 aliphatic heterocycles. The summed E-state index contributed by atoms with van der Waals surface area (Å²) in [5, 5.41) is 2.46. The molecule has 1 rings (SSSR count). The van der Waals surface area contributed by atoms with Gasteiger partial charge in [-0.05, 0) is 34.1 Å². The van der Waals surface area contributed by atoms with Crippen molar-refractivity contribution >= 4 is 27.5 Å². The van der Waals surface area contributed by atoms with Crippen molar-refractivity contribution in [2.75, 3.05) is 5.32 Å². The lowest BCUT2D eigenvalue weighted by Crippen LogP contribution is -2.10. The SMILES string of the molecule is C=C(Br)C(=O)Nc1cccc(F)c1. The van der Waals surface area contributed by atoms with Gasteiger partial charge < -0.3 is 5.32 Å². The number of carbonyl (C=O) groups excluding carboxylic acids is 1. The molecule has 1 aromatic rings. The van der Waals surface area contributed by atoms with E-state index in [1.807, 2.05) is 0 Å². The maximum Gasteiger partial charge on any atom is 0.262 e. The lowest BCUT2D eigenvalue weighted by Gasteiger charge is -2.02. The summed E-state index contributed by atoms with van der Waals surface area (Å²) in [6.45, 7) is 3.38. The number of amides is 1. The van der Waals surface area contributed by atoms with E-state index < -0.39 is 5.82 Å². The van der Waals surface area contributed by atoms with Crippen molar-refractivity contribution < 1.29 is 9.18 Å². The zero-order chi connectivity index (χ0) is 9.84. The minimum absolute atomic E-state index is 0.205. The Kier molecular flexibility index (Phi) is 3.19. The van der Waals surface area contributed by atoms with Gasteiger partial charge in [0.25, 0.3) is 5.91 Å². The average molecular weight is 244 g/mol. The molecule has 0 fully saturated rings. The van der Waals surface area contributed by atoms with E-state index in [2.05, 4.69) is 27.8 Å². The first-order chi connectivity index (χ1) is 6.09. The van der Waals surface area contributed by atoms with Crippen LogP contribution in [0.2, 0.25) is 0 Å². The molecule has 0 spiro atoms. The third-order valence-electron chi connectivity index (χ3n) is 1.33. The van der Waals surface area contributed by atoms with Crippen molar-refractivity contribution in [3.8, 4) is 0 Å². The van der Waals surface area contributed by atoms with Gasteiger partial charge in [-0.3, -0.25) is 4.79 Å². The van der Waals surface area contributed by atoms with Crippen LogP contribution in [0.25, 0.3) is 0 Å². The van der Waals surface area contributed by atoms with Crippen molar-refractivity contribution in [3.05, 3.63) is 41.1 Å². The van der Waals surface area contributed by atoms with E-state index in [1.165, 1.54) is 18.2 Å². The highest BCUT2D eigenvalue weighted by Gasteiger charge is 2.03. The predicted molar refractivity (Wildman–Crippen MR) is 53.1 cm³/mol. The predicted octanol–water partition coefficient (Wildman–Crippen LogP) is 2.67. The number of anilines is 1. The van der Waals surface area contributed by atoms with Crippen LogP contribution in [0.3, 0.4) is 0 Å². The fourth-order valence-electron chi connectivity index (χ4n) is 0.765. The summed E-state index contributed by atoms with van der Waals surface area (Å²) >= 11 is 2.92. The molecule has 68 valence electrons. The number of hydrogen-bond donors (Lipinski definition) is 1. The van der Waals surface area contributed by atoms with Crippen molar-refractivity contribution in [2.24, 2.45) is 0 Å². The summed E-state index contributed by atoms with van der Waals surface area (Å²) in [6, 6.07) is 5.64. The molecule has 4 heteroatoms. The first-order valence-electron chi connectivity index (χ1n) is 3.51. The molecule has 0 atom stereocenters. The standard InChI is InChI=1S/C9H7BrFNO/c1-6(10)9(13)12-8-4-2-3-7(11)5-8/h2-5H,1H2,(H,12,13). The number of carbonyl (C=O) groups is 1. The van der Waals surface area contributed by atoms with E-state index in [0.717, 1.165) is 0 Å². The Morgan fingerprint density at radius 2 is 2.23 bits per heavy atom. The molecule has 1 amide bonds. The third-order valence-corrected chi connectivity index (χ3v) is 1.69. The number of rotatable bonds is 2. The molecule has 0 unspecified atom stereocenters. The van der Waals surface area contributed by atoms with E-state index in [-0.39, 0.29) is 10.4 Å². The molecule has 1 aromatic carbocycles. The van der Waals surface area contributed by atoms with Crippen LogP contribution in [-0.4, -0.2) is 5.91 Å². The Balaban J connectivity index is 2.75. The topological polar surface area (TPSA) is 29.1 Å². The zero-order valence-corrected chi connectivity index (χ0v) is 8.27. The summed E-state index contributed by atoms with van der Waals surface area (Å²) in [5.41, 5.74) is 0.408. The lowest BCUT2D eigenvalue weighted by molar-refractivity contribution is -0.112. The van der Waals surface area contributed by atoms with Crippen molar-refractivity contribution in [2.45, 2.75) is 0 Å². The van der Waals surface area contributed by atoms with E-state index >= 15 is 0 Å². The van der Waals surface area contributed by atoms with Gasteiger partial charge in [-0.25, -0.2) is 4.39 Å². The Bertz CT molecular complexity index is 351. The molecular formula is C9H7BrFNO. The molecule has 0 saturated heterocycles. The fourth-order valence-corrected chi connectivity index (χ4v) is 0.864. The van der Waals surface area contributed by atoms with Crippen molar-refractivity contribution in [1.82, 2.24) is 0 Å². The molecule has 0 saturated carbocycles. The van der Waals surface area contributed by atoms with Crippen LogP contribution in [0.15, 0.2) is 35.3 Å². The van der Waals surface area contributed by atoms with Crippen LogP contribution in [0.5, 0.6) is 0 Å². The maximum atomic E-state index is 12.6. The normalized spacial score (nSPS) is 9.38. The van der Waals surface area contributed by atoms with Crippen LogP contribution in [-0.2, 0) is 4.79 Å². The summed E-state index contributed by atoms with van der Waals surface area (Å²) < 4.78 is 12.8. The van der Waals surface area contributed by atoms with Gasteiger partial charge in [-0.2, -0.15) is 0 Å². The highest BCUT2D eigenvalue weighted by molar-refractivity contribution is 9.12. The minimum Gasteiger partial charge on any atom is -0.321 e. The molecule has 0 aliphatic rings. The molecule has 1 N–H and O–H groups in total. The van der Waals surface area contributed by atoms with E-state index in [4.69, 9.17) is 0 Å². The van der Waals surface area contributed by atoms with Crippen LogP contribution < -0.4 is 5.32 Å². The monoisotopic (exact) mass is 243 g/mol. The van der Waals surface area contributed by atoms with Gasteiger partial charge in [0.1, 0.15) is 5.82 Å². The second kappa shape index (κ2) is 4.18. The Morgan fingerprint density at radius 3 is 2.77 bits per heavy atom. The lowest BCUT2D eigenvalue weighted by atomic mass is 10.3. The van der Waals surface area contributed by atoms with Gasteiger partial charge >= 0.3 is 0 Å². The molecule has 0 radical (unpaired) electrons. The summed E-state index contributed by atoms with van der Waals surface area (Å²) in [7, 11) is 0. The summed E-state index contributed by atoms with van der Waals surface area (Å²) in [6.07, 6.45) is 0. The summed E-state index contributed by atoms with van der Waals surface area (Å²) in [4.78, 5) is 11.0. The van der Waals surface area contributed by atoms with Crippen LogP contribution in [0.1, 0.15) is 0 Å². The zero-order valence-electron chi connectivity index (χ0n) is 6.68. The Morgan fingerprint density at radius 1 is 1.54 bits per heavy atom. The fraction of sp³-hybridized carbons (Fsp3) is 0. The first kappa shape index (κ1) is 9.92. The van der Waals surface area contributed by atoms with Gasteiger partial charge in [-0.1, -0.05) is 12.6 Å². The van der Waals surface area contributed by atoms with E-state index in [0.29, 0.717) is 5.69 Å². The van der Waals surface area contributed by atoms with E-state index in [9.17, 15) is 9.18 Å². The molecule has 0 aromatic heterocycles. The van der Waals surface area contributed by atoms with Crippen LogP contribution in [0.4, 0.5) is 10.1 Å². The number of benzene rings is 1. The van der Waals surface area contributed by atoms with E-state index in [1.54, 1.807) is 6.07 Å². The minimum atomic E-state index is -0.391. The highest BCUT2D eigenvalue weighted by atomic mass is 79.9. The first-order valence-corrected chi connectivity index (χ1v) is 4.30. The van der Waals surface area contributed by atoms with Gasteiger partial charge in [0.05, 0.1) is 4.48 Å². The summed E-state index contributed by atoms with van der Waals surface area (Å²) in [5.74, 6) is -0.774. The van der Waals surface area contributed by atoms with Crippen LogP contribution >= 0.6 is 15.9 Å². The largest absolute Gasteiger partial charge is 0.321 e. The van der Waals surface area contributed by atoms with Crippen molar-refractivity contribution in [1.29, 1.82) is 0 Å². The van der Waals surface area contributed by atoms with Gasteiger partial charge in [-0.15, -0.1) is 0 Å². The Hall–Kier alpha value is -1.16. The van der Waals surface area contributed by atoms with Gasteiger partial charge in [0.2, 0.25) is 0 Å². The smallest absolute Gasteiger partial charge is 0.262 e. The second-order valence-electron chi connectivity index (χ2n) is 2.37. The van der Waals surface area contributed by atoms with Gasteiger partial charge in [0, 0.05) is 5.69 Å². The average Bonchev–Trinajstić information content (AvgIpc) is 2.04. The number of hydrogen-bond acceptors (Lipinski definition) is 1. The highest BCUT2D eigenvalue weighted by Crippen LogP contribution is 2.11.